The van der Waals surface area contributed by atoms with Crippen LogP contribution in [0, 0.1) is 5.92 Å². The number of hydrogen-bond acceptors (Lipinski definition) is 6. The van der Waals surface area contributed by atoms with Gasteiger partial charge in [-0.1, -0.05) is 13.8 Å². The molecule has 1 aromatic heterocycles. The van der Waals surface area contributed by atoms with Gasteiger partial charge in [0.25, 0.3) is 0 Å². The van der Waals surface area contributed by atoms with E-state index in [-0.39, 0.29) is 11.7 Å². The van der Waals surface area contributed by atoms with E-state index in [9.17, 15) is 4.79 Å². The topological polar surface area (TPSA) is 86.5 Å². The minimum absolute atomic E-state index is 0.0673. The first-order valence-corrected chi connectivity index (χ1v) is 6.68. The summed E-state index contributed by atoms with van der Waals surface area (Å²) >= 11 is 0. The summed E-state index contributed by atoms with van der Waals surface area (Å²) in [5.41, 5.74) is 6.60. The number of carbonyl (C=O) groups is 1. The molecule has 1 heterocycles. The maximum atomic E-state index is 11.5. The summed E-state index contributed by atoms with van der Waals surface area (Å²) < 4.78 is 10.1. The van der Waals surface area contributed by atoms with Gasteiger partial charge in [0.15, 0.2) is 11.5 Å². The lowest BCUT2D eigenvalue weighted by atomic mass is 10.1. The molecule has 0 bridgehead atoms. The predicted molar refractivity (Wildman–Crippen MR) is 78.7 cm³/mol. The normalized spacial score (nSPS) is 12.2. The molecular weight excluding hydrogens is 258 g/mol. The van der Waals surface area contributed by atoms with E-state index in [2.05, 4.69) is 28.9 Å². The molecule has 0 amide bonds. The van der Waals surface area contributed by atoms with Crippen LogP contribution in [0.15, 0.2) is 12.1 Å². The number of nitrogen functional groups attached to an aromatic ring is 1. The number of aromatic nitrogens is 1. The van der Waals surface area contributed by atoms with E-state index >= 15 is 0 Å². The van der Waals surface area contributed by atoms with Gasteiger partial charge < -0.3 is 20.5 Å². The number of nitrogens with two attached hydrogens (primary N) is 1. The van der Waals surface area contributed by atoms with Gasteiger partial charge in [-0.15, -0.1) is 0 Å². The van der Waals surface area contributed by atoms with Gasteiger partial charge in [-0.05, 0) is 25.0 Å². The van der Waals surface area contributed by atoms with Crippen LogP contribution in [0.5, 0.6) is 0 Å². The highest BCUT2D eigenvalue weighted by atomic mass is 16.5. The Balaban J connectivity index is 2.90. The number of pyridine rings is 1. The van der Waals surface area contributed by atoms with E-state index in [4.69, 9.17) is 10.5 Å². The van der Waals surface area contributed by atoms with Gasteiger partial charge in [0.05, 0.1) is 25.4 Å². The van der Waals surface area contributed by atoms with Crippen molar-refractivity contribution in [2.45, 2.75) is 26.8 Å². The summed E-state index contributed by atoms with van der Waals surface area (Å²) in [4.78, 5) is 15.7. The van der Waals surface area contributed by atoms with Crippen LogP contribution in [0.2, 0.25) is 0 Å². The molecule has 3 N–H and O–H groups in total. The number of ether oxygens (including phenoxy) is 2. The molecule has 6 nitrogen and oxygen atoms in total. The number of nitrogens with zero attached hydrogens (tertiary/aromatic N) is 1. The molecule has 112 valence electrons. The average Bonchev–Trinajstić information content (AvgIpc) is 2.44. The first-order valence-electron chi connectivity index (χ1n) is 6.68. The molecule has 0 aromatic carbocycles. The molecule has 1 rings (SSSR count). The summed E-state index contributed by atoms with van der Waals surface area (Å²) in [6.45, 7) is 7.31. The number of rotatable bonds is 7. The van der Waals surface area contributed by atoms with Crippen LogP contribution in [0.4, 0.5) is 11.5 Å². The molecule has 0 saturated heterocycles. The second-order valence-electron chi connectivity index (χ2n) is 4.78. The van der Waals surface area contributed by atoms with Gasteiger partial charge in [0.1, 0.15) is 0 Å². The maximum Gasteiger partial charge on any atom is 0.356 e. The Morgan fingerprint density at radius 2 is 2.15 bits per heavy atom. The van der Waals surface area contributed by atoms with Crippen LogP contribution in [0.3, 0.4) is 0 Å². The van der Waals surface area contributed by atoms with Crippen molar-refractivity contribution in [3.8, 4) is 0 Å². The van der Waals surface area contributed by atoms with Gasteiger partial charge in [0, 0.05) is 6.61 Å². The highest BCUT2D eigenvalue weighted by Crippen LogP contribution is 2.19. The molecule has 6 heteroatoms. The molecule has 0 saturated carbocycles. The Labute approximate surface area is 119 Å². The molecule has 0 spiro atoms. The van der Waals surface area contributed by atoms with Crippen molar-refractivity contribution in [3.63, 3.8) is 0 Å². The fraction of sp³-hybridized carbons (Fsp3) is 0.571. The lowest BCUT2D eigenvalue weighted by Gasteiger charge is -2.23. The van der Waals surface area contributed by atoms with Crippen LogP contribution in [0.1, 0.15) is 31.3 Å². The van der Waals surface area contributed by atoms with E-state index < -0.39 is 5.97 Å². The molecule has 0 aliphatic heterocycles. The Kier molecular flexibility index (Phi) is 6.24. The van der Waals surface area contributed by atoms with E-state index in [1.807, 2.05) is 6.92 Å². The molecule has 1 aromatic rings. The summed E-state index contributed by atoms with van der Waals surface area (Å²) in [5, 5.41) is 3.23. The Hall–Kier alpha value is -1.82. The number of carbonyl (C=O) groups excluding carboxylic acids is 1. The number of anilines is 2. The molecule has 20 heavy (non-hydrogen) atoms. The number of nitrogens with one attached hydrogen (secondary N) is 1. The zero-order valence-electron chi connectivity index (χ0n) is 12.5. The van der Waals surface area contributed by atoms with Crippen molar-refractivity contribution in [2.75, 3.05) is 31.4 Å². The fourth-order valence-corrected chi connectivity index (χ4v) is 1.62. The van der Waals surface area contributed by atoms with E-state index in [1.54, 1.807) is 12.1 Å². The van der Waals surface area contributed by atoms with Crippen LogP contribution in [0.25, 0.3) is 0 Å². The number of hydrogen-bond donors (Lipinski definition) is 2. The Morgan fingerprint density at radius 1 is 1.45 bits per heavy atom. The monoisotopic (exact) mass is 281 g/mol. The first-order chi connectivity index (χ1) is 9.49. The predicted octanol–water partition coefficient (Wildman–Crippen LogP) is 1.92. The Morgan fingerprint density at radius 3 is 2.70 bits per heavy atom. The standard InChI is InChI=1S/C14H23N3O3/c1-5-20-8-12(9(2)3)17-13-10(15)6-7-11(16-13)14(18)19-4/h6-7,9,12H,5,8,15H2,1-4H3,(H,16,17). The molecule has 0 fully saturated rings. The molecular formula is C14H23N3O3. The minimum Gasteiger partial charge on any atom is -0.464 e. The van der Waals surface area contributed by atoms with Gasteiger partial charge in [-0.3, -0.25) is 0 Å². The summed E-state index contributed by atoms with van der Waals surface area (Å²) in [6.07, 6.45) is 0. The molecule has 0 radical (unpaired) electrons. The van der Waals surface area contributed by atoms with Crippen molar-refractivity contribution in [3.05, 3.63) is 17.8 Å². The smallest absolute Gasteiger partial charge is 0.356 e. The van der Waals surface area contributed by atoms with Gasteiger partial charge in [0.2, 0.25) is 0 Å². The fourth-order valence-electron chi connectivity index (χ4n) is 1.62. The van der Waals surface area contributed by atoms with Crippen molar-refractivity contribution in [2.24, 2.45) is 5.92 Å². The average molecular weight is 281 g/mol. The molecule has 1 unspecified atom stereocenters. The SMILES string of the molecule is CCOCC(Nc1nc(C(=O)OC)ccc1N)C(C)C. The van der Waals surface area contributed by atoms with Crippen LogP contribution in [-0.4, -0.2) is 37.3 Å². The van der Waals surface area contributed by atoms with Crippen LogP contribution in [-0.2, 0) is 9.47 Å². The lowest BCUT2D eigenvalue weighted by molar-refractivity contribution is 0.0594. The highest BCUT2D eigenvalue weighted by molar-refractivity contribution is 5.88. The zero-order chi connectivity index (χ0) is 15.1. The highest BCUT2D eigenvalue weighted by Gasteiger charge is 2.17. The van der Waals surface area contributed by atoms with Crippen molar-refractivity contribution in [1.29, 1.82) is 0 Å². The van der Waals surface area contributed by atoms with Gasteiger partial charge in [-0.25, -0.2) is 9.78 Å². The molecule has 1 atom stereocenters. The molecule has 0 aliphatic rings. The van der Waals surface area contributed by atoms with E-state index in [1.165, 1.54) is 7.11 Å². The summed E-state index contributed by atoms with van der Waals surface area (Å²) in [6, 6.07) is 3.25. The third kappa shape index (κ3) is 4.38. The third-order valence-corrected chi connectivity index (χ3v) is 2.95. The molecule has 0 aliphatic carbocycles. The van der Waals surface area contributed by atoms with Crippen molar-refractivity contribution >= 4 is 17.5 Å². The number of esters is 1. The Bertz CT molecular complexity index is 449. The van der Waals surface area contributed by atoms with E-state index in [0.717, 1.165) is 0 Å². The minimum atomic E-state index is -0.487. The maximum absolute atomic E-state index is 11.5. The zero-order valence-corrected chi connectivity index (χ0v) is 12.5. The van der Waals surface area contributed by atoms with Gasteiger partial charge in [-0.2, -0.15) is 0 Å². The lowest BCUT2D eigenvalue weighted by Crippen LogP contribution is -2.32. The summed E-state index contributed by atoms with van der Waals surface area (Å²) in [7, 11) is 1.32. The van der Waals surface area contributed by atoms with Crippen molar-refractivity contribution in [1.82, 2.24) is 4.98 Å². The first kappa shape index (κ1) is 16.2. The second-order valence-corrected chi connectivity index (χ2v) is 4.78. The number of methoxy groups -OCH3 is 1. The van der Waals surface area contributed by atoms with Crippen LogP contribution < -0.4 is 11.1 Å². The quantitative estimate of drug-likeness (QED) is 0.743. The summed E-state index contributed by atoms with van der Waals surface area (Å²) in [5.74, 6) is 0.329. The van der Waals surface area contributed by atoms with Crippen LogP contribution >= 0.6 is 0 Å². The van der Waals surface area contributed by atoms with Crippen molar-refractivity contribution < 1.29 is 14.3 Å². The van der Waals surface area contributed by atoms with Gasteiger partial charge >= 0.3 is 5.97 Å². The van der Waals surface area contributed by atoms with E-state index in [0.29, 0.717) is 30.6 Å². The second kappa shape index (κ2) is 7.69. The third-order valence-electron chi connectivity index (χ3n) is 2.95. The largest absolute Gasteiger partial charge is 0.464 e.